The Morgan fingerprint density at radius 1 is 0.909 bits per heavy atom. The average molecular weight is 467 g/mol. The smallest absolute Gasteiger partial charge is 0.162 e. The summed E-state index contributed by atoms with van der Waals surface area (Å²) in [7, 11) is 0. The average Bonchev–Trinajstić information content (AvgIpc) is 2.97. The van der Waals surface area contributed by atoms with Gasteiger partial charge in [-0.1, -0.05) is 0 Å². The van der Waals surface area contributed by atoms with Crippen LogP contribution in [0.3, 0.4) is 0 Å². The number of halogens is 3. The van der Waals surface area contributed by atoms with Gasteiger partial charge < -0.3 is 24.6 Å². The fourth-order valence-corrected chi connectivity index (χ4v) is 4.41. The lowest BCUT2D eigenvalue weighted by Gasteiger charge is -2.42. The van der Waals surface area contributed by atoms with Gasteiger partial charge in [0, 0.05) is 44.5 Å². The lowest BCUT2D eigenvalue weighted by atomic mass is 9.90. The first kappa shape index (κ1) is 23.8. The van der Waals surface area contributed by atoms with Gasteiger partial charge in [-0.3, -0.25) is 4.90 Å². The molecule has 0 saturated carbocycles. The van der Waals surface area contributed by atoms with E-state index in [1.54, 1.807) is 12.1 Å². The molecule has 33 heavy (non-hydrogen) atoms. The predicted molar refractivity (Wildman–Crippen MR) is 117 cm³/mol. The second-order valence-corrected chi connectivity index (χ2v) is 9.04. The molecule has 2 N–H and O–H groups in total. The van der Waals surface area contributed by atoms with E-state index in [1.165, 1.54) is 18.2 Å². The number of rotatable bonds is 6. The summed E-state index contributed by atoms with van der Waals surface area (Å²) in [4.78, 5) is 4.07. The first-order valence-corrected chi connectivity index (χ1v) is 11.1. The molecule has 0 aliphatic carbocycles. The van der Waals surface area contributed by atoms with E-state index < -0.39 is 22.8 Å². The van der Waals surface area contributed by atoms with Crippen molar-refractivity contribution in [2.24, 2.45) is 0 Å². The molecule has 1 atom stereocenters. The summed E-state index contributed by atoms with van der Waals surface area (Å²) < 4.78 is 50.8. The highest BCUT2D eigenvalue weighted by molar-refractivity contribution is 5.46. The van der Waals surface area contributed by atoms with Crippen LogP contribution in [-0.2, 0) is 4.74 Å². The van der Waals surface area contributed by atoms with Gasteiger partial charge in [-0.05, 0) is 49.2 Å². The van der Waals surface area contributed by atoms with E-state index in [1.807, 2.05) is 4.90 Å². The molecular formula is C24H29F3N2O4. The van der Waals surface area contributed by atoms with Gasteiger partial charge in [0.05, 0.1) is 18.8 Å². The molecule has 2 aliphatic heterocycles. The second kappa shape index (κ2) is 9.89. The summed E-state index contributed by atoms with van der Waals surface area (Å²) in [6.07, 6.45) is 1.07. The molecule has 0 bridgehead atoms. The van der Waals surface area contributed by atoms with Gasteiger partial charge in [0.1, 0.15) is 23.8 Å². The van der Waals surface area contributed by atoms with Crippen LogP contribution < -0.4 is 9.64 Å². The number of hydrogen-bond donors (Lipinski definition) is 2. The van der Waals surface area contributed by atoms with Crippen LogP contribution in [0.25, 0.3) is 0 Å². The van der Waals surface area contributed by atoms with Crippen LogP contribution in [0.15, 0.2) is 42.5 Å². The number of ether oxygens (including phenoxy) is 2. The standard InChI is InChI=1S/C24H29F3N2O4/c25-18-1-3-19(4-2-18)29-9-7-23(30,8-10-29)14-28-11-12-32-16-24(31,15-28)17-33-20-5-6-21(26)22(27)13-20/h1-6,13,30-31H,7-12,14-17H2. The maximum atomic E-state index is 13.4. The zero-order valence-corrected chi connectivity index (χ0v) is 18.4. The van der Waals surface area contributed by atoms with Crippen molar-refractivity contribution in [1.82, 2.24) is 4.90 Å². The molecular weight excluding hydrogens is 437 g/mol. The highest BCUT2D eigenvalue weighted by Crippen LogP contribution is 2.28. The van der Waals surface area contributed by atoms with E-state index in [0.29, 0.717) is 45.6 Å². The number of anilines is 1. The SMILES string of the molecule is OC1(CN2CCOCC(O)(COc3ccc(F)c(F)c3)C2)CCN(c2ccc(F)cc2)CC1. The van der Waals surface area contributed by atoms with E-state index in [4.69, 9.17) is 9.47 Å². The van der Waals surface area contributed by atoms with E-state index >= 15 is 0 Å². The van der Waals surface area contributed by atoms with Crippen LogP contribution >= 0.6 is 0 Å². The molecule has 1 unspecified atom stereocenters. The van der Waals surface area contributed by atoms with Crippen LogP contribution in [0.2, 0.25) is 0 Å². The zero-order chi connectivity index (χ0) is 23.5. The molecule has 0 amide bonds. The highest BCUT2D eigenvalue weighted by atomic mass is 19.2. The molecule has 2 saturated heterocycles. The molecule has 6 nitrogen and oxygen atoms in total. The first-order valence-electron chi connectivity index (χ1n) is 11.1. The lowest BCUT2D eigenvalue weighted by molar-refractivity contribution is -0.0743. The number of piperidine rings is 1. The van der Waals surface area contributed by atoms with Crippen LogP contribution in [0.4, 0.5) is 18.9 Å². The van der Waals surface area contributed by atoms with Crippen molar-refractivity contribution < 1.29 is 32.9 Å². The Bertz CT molecular complexity index is 938. The quantitative estimate of drug-likeness (QED) is 0.683. The van der Waals surface area contributed by atoms with Gasteiger partial charge in [-0.15, -0.1) is 0 Å². The fraction of sp³-hybridized carbons (Fsp3) is 0.500. The van der Waals surface area contributed by atoms with Crippen LogP contribution in [-0.4, -0.2) is 78.9 Å². The number of nitrogens with zero attached hydrogens (tertiary/aromatic N) is 2. The Labute approximate surface area is 191 Å². The molecule has 4 rings (SSSR count). The van der Waals surface area contributed by atoms with Gasteiger partial charge in [0.25, 0.3) is 0 Å². The molecule has 2 fully saturated rings. The molecule has 9 heteroatoms. The molecule has 2 aromatic rings. The van der Waals surface area contributed by atoms with E-state index in [-0.39, 0.29) is 31.3 Å². The lowest BCUT2D eigenvalue weighted by Crippen LogP contribution is -2.55. The summed E-state index contributed by atoms with van der Waals surface area (Å²) in [6, 6.07) is 9.53. The summed E-state index contributed by atoms with van der Waals surface area (Å²) in [5.41, 5.74) is -1.37. The minimum atomic E-state index is -1.37. The molecule has 0 radical (unpaired) electrons. The zero-order valence-electron chi connectivity index (χ0n) is 18.4. The molecule has 2 aromatic carbocycles. The molecule has 2 aliphatic rings. The largest absolute Gasteiger partial charge is 0.490 e. The summed E-state index contributed by atoms with van der Waals surface area (Å²) in [6.45, 7) is 2.64. The van der Waals surface area contributed by atoms with Gasteiger partial charge in [0.15, 0.2) is 11.6 Å². The van der Waals surface area contributed by atoms with Crippen molar-refractivity contribution in [3.05, 3.63) is 59.9 Å². The molecule has 180 valence electrons. The number of hydrogen-bond acceptors (Lipinski definition) is 6. The Hall–Kier alpha value is -2.33. The minimum absolute atomic E-state index is 0.0317. The number of β-amino-alcohol motifs (C(OH)–C–C–N with tert-alkyl or cyclic N) is 2. The molecule has 2 heterocycles. The maximum absolute atomic E-state index is 13.4. The van der Waals surface area contributed by atoms with Crippen molar-refractivity contribution in [2.75, 3.05) is 57.4 Å². The third-order valence-electron chi connectivity index (χ3n) is 6.24. The van der Waals surface area contributed by atoms with Gasteiger partial charge in [-0.2, -0.15) is 0 Å². The third-order valence-corrected chi connectivity index (χ3v) is 6.24. The number of benzene rings is 2. The topological polar surface area (TPSA) is 65.4 Å². The second-order valence-electron chi connectivity index (χ2n) is 9.04. The normalized spacial score (nSPS) is 23.8. The van der Waals surface area contributed by atoms with Crippen molar-refractivity contribution in [2.45, 2.75) is 24.0 Å². The van der Waals surface area contributed by atoms with Crippen molar-refractivity contribution in [1.29, 1.82) is 0 Å². The fourth-order valence-electron chi connectivity index (χ4n) is 4.41. The van der Waals surface area contributed by atoms with Gasteiger partial charge in [0.2, 0.25) is 0 Å². The monoisotopic (exact) mass is 466 g/mol. The Balaban J connectivity index is 1.33. The third kappa shape index (κ3) is 6.17. The Morgan fingerprint density at radius 3 is 2.33 bits per heavy atom. The van der Waals surface area contributed by atoms with Crippen molar-refractivity contribution >= 4 is 5.69 Å². The van der Waals surface area contributed by atoms with E-state index in [2.05, 4.69) is 4.90 Å². The minimum Gasteiger partial charge on any atom is -0.490 e. The maximum Gasteiger partial charge on any atom is 0.162 e. The summed E-state index contributed by atoms with van der Waals surface area (Å²) >= 11 is 0. The van der Waals surface area contributed by atoms with Crippen LogP contribution in [0.5, 0.6) is 5.75 Å². The summed E-state index contributed by atoms with van der Waals surface area (Å²) in [5, 5.41) is 22.3. The van der Waals surface area contributed by atoms with Crippen LogP contribution in [0, 0.1) is 17.5 Å². The van der Waals surface area contributed by atoms with E-state index in [0.717, 1.165) is 17.8 Å². The molecule has 0 aromatic heterocycles. The van der Waals surface area contributed by atoms with Crippen molar-refractivity contribution in [3.8, 4) is 5.75 Å². The predicted octanol–water partition coefficient (Wildman–Crippen LogP) is 2.58. The Kier molecular flexibility index (Phi) is 7.13. The van der Waals surface area contributed by atoms with E-state index in [9.17, 15) is 23.4 Å². The van der Waals surface area contributed by atoms with Crippen molar-refractivity contribution in [3.63, 3.8) is 0 Å². The first-order chi connectivity index (χ1) is 15.7. The number of aliphatic hydroxyl groups is 2. The van der Waals surface area contributed by atoms with Crippen LogP contribution in [0.1, 0.15) is 12.8 Å². The summed E-state index contributed by atoms with van der Waals surface area (Å²) in [5.74, 6) is -2.15. The molecule has 0 spiro atoms. The van der Waals surface area contributed by atoms with Gasteiger partial charge >= 0.3 is 0 Å². The Morgan fingerprint density at radius 2 is 1.64 bits per heavy atom. The van der Waals surface area contributed by atoms with Gasteiger partial charge in [-0.25, -0.2) is 13.2 Å². The highest BCUT2D eigenvalue weighted by Gasteiger charge is 2.39.